The third-order valence-corrected chi connectivity index (χ3v) is 4.86. The summed E-state index contributed by atoms with van der Waals surface area (Å²) in [5.41, 5.74) is 0.267. The van der Waals surface area contributed by atoms with E-state index >= 15 is 0 Å². The molecule has 2 rings (SSSR count). The van der Waals surface area contributed by atoms with Gasteiger partial charge < -0.3 is 5.32 Å². The van der Waals surface area contributed by atoms with Crippen molar-refractivity contribution in [3.8, 4) is 0 Å². The lowest BCUT2D eigenvalue weighted by Gasteiger charge is -2.47. The Bertz CT molecular complexity index is 410. The number of piperazine rings is 1. The topological polar surface area (TPSA) is 46.0 Å². The van der Waals surface area contributed by atoms with Crippen molar-refractivity contribution in [1.82, 2.24) is 25.0 Å². The molecule has 1 aliphatic heterocycles. The minimum absolute atomic E-state index is 0.267. The summed E-state index contributed by atoms with van der Waals surface area (Å²) in [5.74, 6) is 1.06. The largest absolute Gasteiger partial charge is 0.308 e. The normalized spacial score (nSPS) is 23.1. The molecule has 1 atom stereocenters. The summed E-state index contributed by atoms with van der Waals surface area (Å²) >= 11 is 0. The molecule has 0 saturated carbocycles. The van der Waals surface area contributed by atoms with Gasteiger partial charge in [-0.2, -0.15) is 5.10 Å². The summed E-state index contributed by atoms with van der Waals surface area (Å²) in [7, 11) is 1.98. The summed E-state index contributed by atoms with van der Waals surface area (Å²) in [4.78, 5) is 7.00. The SMILES string of the molecule is CCCC1CNC(CC)(CC)CN1Cc1ncnn1C. The van der Waals surface area contributed by atoms with Crippen molar-refractivity contribution in [3.05, 3.63) is 12.2 Å². The molecule has 1 aliphatic rings. The molecule has 1 saturated heterocycles. The van der Waals surface area contributed by atoms with E-state index in [-0.39, 0.29) is 5.54 Å². The van der Waals surface area contributed by atoms with Crippen molar-refractivity contribution >= 4 is 0 Å². The molecule has 0 spiro atoms. The van der Waals surface area contributed by atoms with E-state index < -0.39 is 0 Å². The summed E-state index contributed by atoms with van der Waals surface area (Å²) in [5, 5.41) is 8.00. The van der Waals surface area contributed by atoms with Gasteiger partial charge in [-0.15, -0.1) is 0 Å². The van der Waals surface area contributed by atoms with Crippen molar-refractivity contribution in [2.45, 2.75) is 64.6 Å². The number of hydrogen-bond donors (Lipinski definition) is 1. The van der Waals surface area contributed by atoms with Gasteiger partial charge in [-0.3, -0.25) is 9.58 Å². The lowest BCUT2D eigenvalue weighted by molar-refractivity contribution is 0.0587. The van der Waals surface area contributed by atoms with Gasteiger partial charge in [0.15, 0.2) is 0 Å². The molecule has 1 unspecified atom stereocenters. The van der Waals surface area contributed by atoms with Crippen LogP contribution in [0.3, 0.4) is 0 Å². The minimum Gasteiger partial charge on any atom is -0.308 e. The average molecular weight is 279 g/mol. The fraction of sp³-hybridized carbons (Fsp3) is 0.867. The van der Waals surface area contributed by atoms with Crippen molar-refractivity contribution in [2.75, 3.05) is 13.1 Å². The summed E-state index contributed by atoms with van der Waals surface area (Å²) in [6.07, 6.45) is 6.48. The van der Waals surface area contributed by atoms with E-state index in [9.17, 15) is 0 Å². The van der Waals surface area contributed by atoms with E-state index in [1.54, 1.807) is 6.33 Å². The maximum atomic E-state index is 4.39. The van der Waals surface area contributed by atoms with Crippen LogP contribution >= 0.6 is 0 Å². The second kappa shape index (κ2) is 6.68. The van der Waals surface area contributed by atoms with Crippen molar-refractivity contribution < 1.29 is 0 Å². The van der Waals surface area contributed by atoms with Crippen molar-refractivity contribution in [3.63, 3.8) is 0 Å². The van der Waals surface area contributed by atoms with E-state index in [2.05, 4.69) is 41.1 Å². The minimum atomic E-state index is 0.267. The number of nitrogens with zero attached hydrogens (tertiary/aromatic N) is 4. The lowest BCUT2D eigenvalue weighted by Crippen LogP contribution is -2.63. The third kappa shape index (κ3) is 3.20. The van der Waals surface area contributed by atoms with Crippen LogP contribution in [-0.2, 0) is 13.6 Å². The summed E-state index contributed by atoms with van der Waals surface area (Å²) in [6.45, 7) is 9.95. The molecule has 0 radical (unpaired) electrons. The molecule has 1 aromatic rings. The Morgan fingerprint density at radius 3 is 2.65 bits per heavy atom. The molecular weight excluding hydrogens is 250 g/mol. The fourth-order valence-corrected chi connectivity index (χ4v) is 3.21. The second-order valence-corrected chi connectivity index (χ2v) is 6.02. The zero-order chi connectivity index (χ0) is 14.6. The first-order valence-electron chi connectivity index (χ1n) is 7.96. The monoisotopic (exact) mass is 279 g/mol. The van der Waals surface area contributed by atoms with Crippen LogP contribution in [0.4, 0.5) is 0 Å². The van der Waals surface area contributed by atoms with Crippen LogP contribution in [0.5, 0.6) is 0 Å². The maximum Gasteiger partial charge on any atom is 0.140 e. The molecule has 0 amide bonds. The first-order valence-corrected chi connectivity index (χ1v) is 7.96. The molecule has 5 nitrogen and oxygen atoms in total. The number of rotatable bonds is 6. The highest BCUT2D eigenvalue weighted by Gasteiger charge is 2.36. The van der Waals surface area contributed by atoms with Crippen LogP contribution < -0.4 is 5.32 Å². The fourth-order valence-electron chi connectivity index (χ4n) is 3.21. The molecule has 1 fully saturated rings. The van der Waals surface area contributed by atoms with E-state index in [1.165, 1.54) is 25.7 Å². The van der Waals surface area contributed by atoms with Crippen LogP contribution in [-0.4, -0.2) is 44.3 Å². The first kappa shape index (κ1) is 15.4. The Kier molecular flexibility index (Phi) is 5.16. The molecule has 5 heteroatoms. The molecule has 0 aromatic carbocycles. The van der Waals surface area contributed by atoms with Gasteiger partial charge in [-0.25, -0.2) is 4.98 Å². The number of aryl methyl sites for hydroxylation is 1. The number of aromatic nitrogens is 3. The molecule has 1 aromatic heterocycles. The Balaban J connectivity index is 2.12. The van der Waals surface area contributed by atoms with Gasteiger partial charge in [0.1, 0.15) is 12.2 Å². The highest BCUT2D eigenvalue weighted by atomic mass is 15.3. The molecule has 0 aliphatic carbocycles. The zero-order valence-corrected chi connectivity index (χ0v) is 13.4. The number of nitrogens with one attached hydrogen (secondary N) is 1. The van der Waals surface area contributed by atoms with E-state index in [1.807, 2.05) is 11.7 Å². The second-order valence-electron chi connectivity index (χ2n) is 6.02. The highest BCUT2D eigenvalue weighted by Crippen LogP contribution is 2.25. The summed E-state index contributed by atoms with van der Waals surface area (Å²) in [6, 6.07) is 0.614. The van der Waals surface area contributed by atoms with Gasteiger partial charge >= 0.3 is 0 Å². The Hall–Kier alpha value is -0.940. The zero-order valence-electron chi connectivity index (χ0n) is 13.4. The number of hydrogen-bond acceptors (Lipinski definition) is 4. The predicted octanol–water partition coefficient (Wildman–Crippen LogP) is 1.95. The first-order chi connectivity index (χ1) is 9.64. The summed E-state index contributed by atoms with van der Waals surface area (Å²) < 4.78 is 1.89. The maximum absolute atomic E-state index is 4.39. The van der Waals surface area contributed by atoms with Crippen LogP contribution in [0.1, 0.15) is 52.3 Å². The highest BCUT2D eigenvalue weighted by molar-refractivity contribution is 4.98. The van der Waals surface area contributed by atoms with Gasteiger partial charge in [-0.05, 0) is 19.3 Å². The molecule has 0 bridgehead atoms. The smallest absolute Gasteiger partial charge is 0.140 e. The molecule has 2 heterocycles. The van der Waals surface area contributed by atoms with Gasteiger partial charge in [-0.1, -0.05) is 27.2 Å². The average Bonchev–Trinajstić information content (AvgIpc) is 2.86. The predicted molar refractivity (Wildman–Crippen MR) is 81.4 cm³/mol. The van der Waals surface area contributed by atoms with Crippen LogP contribution in [0.15, 0.2) is 6.33 Å². The third-order valence-electron chi connectivity index (χ3n) is 4.86. The van der Waals surface area contributed by atoms with Crippen molar-refractivity contribution in [1.29, 1.82) is 0 Å². The molecule has 20 heavy (non-hydrogen) atoms. The van der Waals surface area contributed by atoms with E-state index in [0.717, 1.165) is 25.5 Å². The van der Waals surface area contributed by atoms with Crippen LogP contribution in [0, 0.1) is 0 Å². The quantitative estimate of drug-likeness (QED) is 0.864. The molecule has 114 valence electrons. The standard InChI is InChI=1S/C15H29N5/c1-5-8-13-9-17-15(6-2,7-3)11-20(13)10-14-16-12-18-19(14)4/h12-13,17H,5-11H2,1-4H3. The Morgan fingerprint density at radius 2 is 2.10 bits per heavy atom. The van der Waals surface area contributed by atoms with Gasteiger partial charge in [0, 0.05) is 31.7 Å². The Labute approximate surface area is 122 Å². The van der Waals surface area contributed by atoms with E-state index in [0.29, 0.717) is 6.04 Å². The van der Waals surface area contributed by atoms with Crippen LogP contribution in [0.25, 0.3) is 0 Å². The van der Waals surface area contributed by atoms with E-state index in [4.69, 9.17) is 0 Å². The van der Waals surface area contributed by atoms with Gasteiger partial charge in [0.2, 0.25) is 0 Å². The Morgan fingerprint density at radius 1 is 1.35 bits per heavy atom. The lowest BCUT2D eigenvalue weighted by atomic mass is 9.87. The van der Waals surface area contributed by atoms with Crippen LogP contribution in [0.2, 0.25) is 0 Å². The van der Waals surface area contributed by atoms with Crippen molar-refractivity contribution in [2.24, 2.45) is 7.05 Å². The van der Waals surface area contributed by atoms with Gasteiger partial charge in [0.25, 0.3) is 0 Å². The van der Waals surface area contributed by atoms with Gasteiger partial charge in [0.05, 0.1) is 6.54 Å². The molecular formula is C15H29N5. The molecule has 1 N–H and O–H groups in total.